The summed E-state index contributed by atoms with van der Waals surface area (Å²) in [6.07, 6.45) is 3.31. The van der Waals surface area contributed by atoms with Crippen molar-refractivity contribution in [2.45, 2.75) is 39.2 Å². The topological polar surface area (TPSA) is 68.3 Å². The molecule has 0 aliphatic heterocycles. The van der Waals surface area contributed by atoms with Gasteiger partial charge in [-0.05, 0) is 30.4 Å². The van der Waals surface area contributed by atoms with E-state index in [1.165, 1.54) is 6.42 Å². The molecular formula is C20H24N2O3. The van der Waals surface area contributed by atoms with Crippen molar-refractivity contribution in [2.75, 3.05) is 6.61 Å². The number of pyridine rings is 1. The molecule has 1 heterocycles. The lowest BCUT2D eigenvalue weighted by Gasteiger charge is -2.34. The number of carbonyl (C=O) groups excluding carboxylic acids is 2. The van der Waals surface area contributed by atoms with E-state index in [0.717, 1.165) is 23.7 Å². The lowest BCUT2D eigenvalue weighted by atomic mass is 9.78. The van der Waals surface area contributed by atoms with E-state index in [2.05, 4.69) is 24.1 Å². The Kier molecular flexibility index (Phi) is 5.31. The van der Waals surface area contributed by atoms with Crippen LogP contribution >= 0.6 is 0 Å². The van der Waals surface area contributed by atoms with Crippen molar-refractivity contribution in [2.24, 2.45) is 11.8 Å². The SMILES string of the molecule is C[C@H]1[C@H](C)CCC[C@H]1NC(=O)COC(=O)c1ccc2ccccc2n1. The molecule has 0 radical (unpaired) electrons. The second-order valence-electron chi connectivity index (χ2n) is 6.91. The Morgan fingerprint density at radius 2 is 1.96 bits per heavy atom. The second kappa shape index (κ2) is 7.64. The highest BCUT2D eigenvalue weighted by Gasteiger charge is 2.28. The molecule has 1 fully saturated rings. The fraction of sp³-hybridized carbons (Fsp3) is 0.450. The van der Waals surface area contributed by atoms with Crippen LogP contribution in [0, 0.1) is 11.8 Å². The maximum atomic E-state index is 12.1. The highest BCUT2D eigenvalue weighted by atomic mass is 16.5. The van der Waals surface area contributed by atoms with Crippen molar-refractivity contribution in [3.05, 3.63) is 42.1 Å². The van der Waals surface area contributed by atoms with Gasteiger partial charge in [0.1, 0.15) is 5.69 Å². The summed E-state index contributed by atoms with van der Waals surface area (Å²) in [5.41, 5.74) is 0.942. The van der Waals surface area contributed by atoms with Crippen LogP contribution in [0.2, 0.25) is 0 Å². The van der Waals surface area contributed by atoms with E-state index < -0.39 is 5.97 Å². The fourth-order valence-corrected chi connectivity index (χ4v) is 3.42. The standard InChI is InChI=1S/C20H24N2O3/c1-13-6-5-9-16(14(13)2)22-19(23)12-25-20(24)18-11-10-15-7-3-4-8-17(15)21-18/h3-4,7-8,10-11,13-14,16H,5-6,9,12H2,1-2H3,(H,22,23)/t13-,14+,16-/m1/s1. The molecule has 0 unspecified atom stereocenters. The van der Waals surface area contributed by atoms with E-state index in [9.17, 15) is 9.59 Å². The first-order valence-electron chi connectivity index (χ1n) is 8.87. The van der Waals surface area contributed by atoms with E-state index in [1.54, 1.807) is 6.07 Å². The summed E-state index contributed by atoms with van der Waals surface area (Å²) in [5, 5.41) is 3.95. The Morgan fingerprint density at radius 3 is 2.80 bits per heavy atom. The molecule has 0 saturated heterocycles. The molecule has 1 aliphatic rings. The van der Waals surface area contributed by atoms with Crippen LogP contribution in [0.4, 0.5) is 0 Å². The average molecular weight is 340 g/mol. The number of para-hydroxylation sites is 1. The number of hydrogen-bond donors (Lipinski definition) is 1. The van der Waals surface area contributed by atoms with Gasteiger partial charge < -0.3 is 10.1 Å². The van der Waals surface area contributed by atoms with E-state index in [-0.39, 0.29) is 24.2 Å². The molecule has 5 nitrogen and oxygen atoms in total. The van der Waals surface area contributed by atoms with Gasteiger partial charge in [0.2, 0.25) is 0 Å². The van der Waals surface area contributed by atoms with Crippen LogP contribution in [0.1, 0.15) is 43.6 Å². The fourth-order valence-electron chi connectivity index (χ4n) is 3.42. The van der Waals surface area contributed by atoms with Crippen molar-refractivity contribution in [3.8, 4) is 0 Å². The van der Waals surface area contributed by atoms with Crippen molar-refractivity contribution < 1.29 is 14.3 Å². The molecule has 2 aromatic rings. The smallest absolute Gasteiger partial charge is 0.357 e. The largest absolute Gasteiger partial charge is 0.451 e. The number of ether oxygens (including phenoxy) is 1. The summed E-state index contributed by atoms with van der Waals surface area (Å²) in [4.78, 5) is 28.5. The van der Waals surface area contributed by atoms with Gasteiger partial charge in [-0.2, -0.15) is 0 Å². The zero-order chi connectivity index (χ0) is 17.8. The summed E-state index contributed by atoms with van der Waals surface area (Å²) in [6, 6.07) is 11.1. The Hall–Kier alpha value is -2.43. The number of esters is 1. The molecule has 0 bridgehead atoms. The van der Waals surface area contributed by atoms with Crippen LogP contribution in [0.3, 0.4) is 0 Å². The van der Waals surface area contributed by atoms with Gasteiger partial charge in [-0.15, -0.1) is 0 Å². The molecule has 0 spiro atoms. The minimum Gasteiger partial charge on any atom is -0.451 e. The lowest BCUT2D eigenvalue weighted by molar-refractivity contribution is -0.125. The number of carbonyl (C=O) groups is 2. The number of nitrogens with zero attached hydrogens (tertiary/aromatic N) is 1. The Balaban J connectivity index is 1.55. The molecule has 3 atom stereocenters. The Morgan fingerprint density at radius 1 is 1.16 bits per heavy atom. The van der Waals surface area contributed by atoms with E-state index in [0.29, 0.717) is 11.8 Å². The number of hydrogen-bond acceptors (Lipinski definition) is 4. The monoisotopic (exact) mass is 340 g/mol. The summed E-state index contributed by atoms with van der Waals surface area (Å²) in [7, 11) is 0. The summed E-state index contributed by atoms with van der Waals surface area (Å²) >= 11 is 0. The first-order valence-corrected chi connectivity index (χ1v) is 8.87. The van der Waals surface area contributed by atoms with Gasteiger partial charge >= 0.3 is 5.97 Å². The predicted octanol–water partition coefficient (Wildman–Crippen LogP) is 3.33. The van der Waals surface area contributed by atoms with Crippen molar-refractivity contribution in [3.63, 3.8) is 0 Å². The number of fused-ring (bicyclic) bond motifs is 1. The van der Waals surface area contributed by atoms with Gasteiger partial charge in [0.25, 0.3) is 5.91 Å². The average Bonchev–Trinajstić information content (AvgIpc) is 2.63. The van der Waals surface area contributed by atoms with Crippen molar-refractivity contribution in [1.82, 2.24) is 10.3 Å². The highest BCUT2D eigenvalue weighted by molar-refractivity contribution is 5.92. The van der Waals surface area contributed by atoms with Gasteiger partial charge in [-0.1, -0.05) is 51.0 Å². The number of nitrogens with one attached hydrogen (secondary N) is 1. The Bertz CT molecular complexity index is 774. The van der Waals surface area contributed by atoms with Gasteiger partial charge in [0.15, 0.2) is 6.61 Å². The first kappa shape index (κ1) is 17.4. The molecule has 1 aromatic carbocycles. The third-order valence-corrected chi connectivity index (χ3v) is 5.20. The van der Waals surface area contributed by atoms with Gasteiger partial charge in [-0.3, -0.25) is 4.79 Å². The van der Waals surface area contributed by atoms with E-state index >= 15 is 0 Å². The zero-order valence-electron chi connectivity index (χ0n) is 14.7. The summed E-state index contributed by atoms with van der Waals surface area (Å²) in [6.45, 7) is 4.11. The number of benzene rings is 1. The second-order valence-corrected chi connectivity index (χ2v) is 6.91. The molecule has 5 heteroatoms. The number of rotatable bonds is 4. The normalized spacial score (nSPS) is 23.2. The predicted molar refractivity (Wildman–Crippen MR) is 96.1 cm³/mol. The van der Waals surface area contributed by atoms with Gasteiger partial charge in [-0.25, -0.2) is 9.78 Å². The van der Waals surface area contributed by atoms with Crippen LogP contribution in [-0.2, 0) is 9.53 Å². The van der Waals surface area contributed by atoms with Crippen LogP contribution in [0.5, 0.6) is 0 Å². The molecular weight excluding hydrogens is 316 g/mol. The van der Waals surface area contributed by atoms with E-state index in [1.807, 2.05) is 30.3 Å². The van der Waals surface area contributed by atoms with Crippen molar-refractivity contribution >= 4 is 22.8 Å². The maximum Gasteiger partial charge on any atom is 0.357 e. The maximum absolute atomic E-state index is 12.1. The summed E-state index contributed by atoms with van der Waals surface area (Å²) in [5.74, 6) is 0.213. The molecule has 1 aliphatic carbocycles. The first-order chi connectivity index (χ1) is 12.0. The molecule has 1 N–H and O–H groups in total. The number of amides is 1. The third kappa shape index (κ3) is 4.16. The minimum atomic E-state index is -0.578. The molecule has 3 rings (SSSR count). The molecule has 25 heavy (non-hydrogen) atoms. The van der Waals surface area contributed by atoms with Crippen LogP contribution in [0.15, 0.2) is 36.4 Å². The van der Waals surface area contributed by atoms with Crippen LogP contribution < -0.4 is 5.32 Å². The van der Waals surface area contributed by atoms with Crippen LogP contribution in [-0.4, -0.2) is 29.5 Å². The van der Waals surface area contributed by atoms with Crippen LogP contribution in [0.25, 0.3) is 10.9 Å². The molecule has 1 saturated carbocycles. The zero-order valence-corrected chi connectivity index (χ0v) is 14.7. The molecule has 1 amide bonds. The highest BCUT2D eigenvalue weighted by Crippen LogP contribution is 2.29. The minimum absolute atomic E-state index is 0.161. The summed E-state index contributed by atoms with van der Waals surface area (Å²) < 4.78 is 5.13. The van der Waals surface area contributed by atoms with E-state index in [4.69, 9.17) is 4.74 Å². The molecule has 132 valence electrons. The Labute approximate surface area is 147 Å². The van der Waals surface area contributed by atoms with Crippen molar-refractivity contribution in [1.29, 1.82) is 0 Å². The van der Waals surface area contributed by atoms with Gasteiger partial charge in [0, 0.05) is 11.4 Å². The quantitative estimate of drug-likeness (QED) is 0.867. The van der Waals surface area contributed by atoms with Gasteiger partial charge in [0.05, 0.1) is 5.52 Å². The third-order valence-electron chi connectivity index (χ3n) is 5.20. The lowest BCUT2D eigenvalue weighted by Crippen LogP contribution is -2.45. The molecule has 1 aromatic heterocycles. The number of aromatic nitrogens is 1.